The molecule has 0 radical (unpaired) electrons. The fraction of sp³-hybridized carbons (Fsp3) is 0.500. The van der Waals surface area contributed by atoms with Crippen molar-refractivity contribution in [2.75, 3.05) is 20.1 Å². The summed E-state index contributed by atoms with van der Waals surface area (Å²) in [6, 6.07) is 0. The number of likely N-dealkylation sites (N-methyl/N-ethyl adjacent to an activating group) is 1. The molecule has 1 rings (SSSR count). The summed E-state index contributed by atoms with van der Waals surface area (Å²) in [6.07, 6.45) is 3.33. The number of hydrogen-bond donors (Lipinski definition) is 1. The van der Waals surface area contributed by atoms with Gasteiger partial charge in [0.15, 0.2) is 0 Å². The largest absolute Gasteiger partial charge is 0.404 e. The van der Waals surface area contributed by atoms with E-state index in [1.54, 1.807) is 0 Å². The van der Waals surface area contributed by atoms with Crippen LogP contribution < -0.4 is 5.73 Å². The van der Waals surface area contributed by atoms with Crippen LogP contribution in [0.1, 0.15) is 0 Å². The zero-order valence-corrected chi connectivity index (χ0v) is 5.54. The Morgan fingerprint density at radius 2 is 2.56 bits per heavy atom. The van der Waals surface area contributed by atoms with E-state index >= 15 is 0 Å². The van der Waals surface area contributed by atoms with Crippen molar-refractivity contribution >= 4 is 5.84 Å². The summed E-state index contributed by atoms with van der Waals surface area (Å²) in [5.41, 5.74) is 5.18. The van der Waals surface area contributed by atoms with E-state index < -0.39 is 0 Å². The zero-order valence-electron chi connectivity index (χ0n) is 5.54. The van der Waals surface area contributed by atoms with Gasteiger partial charge in [0, 0.05) is 13.6 Å². The Balaban J connectivity index is 2.57. The van der Waals surface area contributed by atoms with E-state index in [0.717, 1.165) is 18.9 Å². The maximum absolute atomic E-state index is 5.18. The molecule has 2 N–H and O–H groups in total. The van der Waals surface area contributed by atoms with Gasteiger partial charge in [0.2, 0.25) is 0 Å². The molecule has 0 aliphatic carbocycles. The third-order valence-corrected chi connectivity index (χ3v) is 1.35. The molecule has 0 fully saturated rings. The summed E-state index contributed by atoms with van der Waals surface area (Å²) in [7, 11) is 2.01. The summed E-state index contributed by atoms with van der Waals surface area (Å²) in [5.74, 6) is 0.984. The lowest BCUT2D eigenvalue weighted by Gasteiger charge is -2.08. The van der Waals surface area contributed by atoms with Gasteiger partial charge in [0.1, 0.15) is 5.84 Å². The van der Waals surface area contributed by atoms with Crippen LogP contribution in [0.5, 0.6) is 0 Å². The number of nitrogens with two attached hydrogens (primary N) is 1. The minimum atomic E-state index is 0.899. The Kier molecular flexibility index (Phi) is 1.72. The molecule has 0 atom stereocenters. The maximum atomic E-state index is 5.18. The summed E-state index contributed by atoms with van der Waals surface area (Å²) >= 11 is 0. The molecule has 0 aromatic rings. The third kappa shape index (κ3) is 1.22. The lowest BCUT2D eigenvalue weighted by molar-refractivity contribution is 0.558. The van der Waals surface area contributed by atoms with Crippen LogP contribution in [-0.4, -0.2) is 30.9 Å². The van der Waals surface area contributed by atoms with E-state index in [0.29, 0.717) is 0 Å². The number of amidine groups is 1. The average Bonchev–Trinajstić information content (AvgIpc) is 2.18. The molecule has 1 aliphatic heterocycles. The molecule has 9 heavy (non-hydrogen) atoms. The Hall–Kier alpha value is -0.990. The van der Waals surface area contributed by atoms with Crippen molar-refractivity contribution in [2.24, 2.45) is 10.7 Å². The molecule has 0 saturated heterocycles. The van der Waals surface area contributed by atoms with Crippen molar-refractivity contribution in [2.45, 2.75) is 0 Å². The topological polar surface area (TPSA) is 41.6 Å². The lowest BCUT2D eigenvalue weighted by atomic mass is 10.5. The number of aliphatic imine (C=N–C) groups is 1. The minimum absolute atomic E-state index is 0.899. The van der Waals surface area contributed by atoms with Crippen LogP contribution in [0, 0.1) is 0 Å². The molecular formula is C6H11N3. The van der Waals surface area contributed by atoms with Gasteiger partial charge in [-0.05, 0) is 12.3 Å². The first kappa shape index (κ1) is 6.13. The van der Waals surface area contributed by atoms with Gasteiger partial charge in [-0.1, -0.05) is 0 Å². The van der Waals surface area contributed by atoms with Crippen LogP contribution in [0.4, 0.5) is 0 Å². The van der Waals surface area contributed by atoms with Crippen LogP contribution in [0.15, 0.2) is 17.3 Å². The third-order valence-electron chi connectivity index (χ3n) is 1.35. The normalized spacial score (nSPS) is 19.2. The second-order valence-electron chi connectivity index (χ2n) is 2.02. The molecule has 0 spiro atoms. The van der Waals surface area contributed by atoms with E-state index in [1.807, 2.05) is 13.1 Å². The SMILES string of the molecule is CN1CCN=C1/C=C\N. The van der Waals surface area contributed by atoms with Crippen LogP contribution in [-0.2, 0) is 0 Å². The first-order valence-electron chi connectivity index (χ1n) is 2.98. The molecule has 3 heteroatoms. The van der Waals surface area contributed by atoms with Crippen LogP contribution in [0.25, 0.3) is 0 Å². The molecule has 0 unspecified atom stereocenters. The predicted octanol–water partition coefficient (Wildman–Crippen LogP) is -0.197. The minimum Gasteiger partial charge on any atom is -0.404 e. The fourth-order valence-corrected chi connectivity index (χ4v) is 0.816. The standard InChI is InChI=1S/C6H11N3/c1-9-5-4-8-6(9)2-3-7/h2-3H,4-5,7H2,1H3/b3-2-. The Morgan fingerprint density at radius 3 is 3.00 bits per heavy atom. The smallest absolute Gasteiger partial charge is 0.124 e. The molecular weight excluding hydrogens is 114 g/mol. The van der Waals surface area contributed by atoms with Crippen molar-refractivity contribution < 1.29 is 0 Å². The van der Waals surface area contributed by atoms with Crippen LogP contribution in [0.2, 0.25) is 0 Å². The maximum Gasteiger partial charge on any atom is 0.124 e. The van der Waals surface area contributed by atoms with Gasteiger partial charge < -0.3 is 10.6 Å². The lowest BCUT2D eigenvalue weighted by Crippen LogP contribution is -2.20. The van der Waals surface area contributed by atoms with Crippen molar-refractivity contribution in [3.05, 3.63) is 12.3 Å². The number of nitrogens with zero attached hydrogens (tertiary/aromatic N) is 2. The molecule has 0 aromatic heterocycles. The molecule has 0 amide bonds. The van der Waals surface area contributed by atoms with Gasteiger partial charge in [-0.25, -0.2) is 0 Å². The molecule has 0 bridgehead atoms. The Morgan fingerprint density at radius 1 is 1.78 bits per heavy atom. The van der Waals surface area contributed by atoms with E-state index in [2.05, 4.69) is 9.89 Å². The Labute approximate surface area is 54.9 Å². The molecule has 3 nitrogen and oxygen atoms in total. The summed E-state index contributed by atoms with van der Waals surface area (Å²) in [5, 5.41) is 0. The van der Waals surface area contributed by atoms with Gasteiger partial charge in [-0.2, -0.15) is 0 Å². The van der Waals surface area contributed by atoms with Crippen molar-refractivity contribution in [1.29, 1.82) is 0 Å². The van der Waals surface area contributed by atoms with Gasteiger partial charge in [0.05, 0.1) is 6.54 Å². The van der Waals surface area contributed by atoms with Gasteiger partial charge in [-0.15, -0.1) is 0 Å². The molecule has 50 valence electrons. The van der Waals surface area contributed by atoms with Gasteiger partial charge in [0.25, 0.3) is 0 Å². The number of rotatable bonds is 1. The second kappa shape index (κ2) is 2.53. The molecule has 1 heterocycles. The van der Waals surface area contributed by atoms with E-state index in [4.69, 9.17) is 5.73 Å². The fourth-order valence-electron chi connectivity index (χ4n) is 0.816. The second-order valence-corrected chi connectivity index (χ2v) is 2.02. The highest BCUT2D eigenvalue weighted by Crippen LogP contribution is 1.97. The van der Waals surface area contributed by atoms with Crippen LogP contribution in [0.3, 0.4) is 0 Å². The van der Waals surface area contributed by atoms with E-state index in [9.17, 15) is 0 Å². The van der Waals surface area contributed by atoms with E-state index in [-0.39, 0.29) is 0 Å². The van der Waals surface area contributed by atoms with Gasteiger partial charge in [-0.3, -0.25) is 4.99 Å². The van der Waals surface area contributed by atoms with Crippen molar-refractivity contribution in [1.82, 2.24) is 4.90 Å². The quantitative estimate of drug-likeness (QED) is 0.527. The van der Waals surface area contributed by atoms with Crippen molar-refractivity contribution in [3.8, 4) is 0 Å². The molecule has 0 aromatic carbocycles. The summed E-state index contributed by atoms with van der Waals surface area (Å²) in [6.45, 7) is 1.91. The van der Waals surface area contributed by atoms with Crippen molar-refractivity contribution in [3.63, 3.8) is 0 Å². The molecule has 1 aliphatic rings. The summed E-state index contributed by atoms with van der Waals surface area (Å²) in [4.78, 5) is 6.26. The van der Waals surface area contributed by atoms with E-state index in [1.165, 1.54) is 6.20 Å². The van der Waals surface area contributed by atoms with Crippen LogP contribution >= 0.6 is 0 Å². The highest BCUT2D eigenvalue weighted by atomic mass is 15.2. The molecule has 0 saturated carbocycles. The Bertz CT molecular complexity index is 148. The first-order valence-corrected chi connectivity index (χ1v) is 2.98. The average molecular weight is 125 g/mol. The first-order chi connectivity index (χ1) is 4.34. The highest BCUT2D eigenvalue weighted by Gasteiger charge is 2.07. The highest BCUT2D eigenvalue weighted by molar-refractivity contribution is 5.93. The zero-order chi connectivity index (χ0) is 6.69. The number of hydrogen-bond acceptors (Lipinski definition) is 3. The monoisotopic (exact) mass is 125 g/mol. The van der Waals surface area contributed by atoms with Gasteiger partial charge >= 0.3 is 0 Å². The predicted molar refractivity (Wildman–Crippen MR) is 38.3 cm³/mol. The summed E-state index contributed by atoms with van der Waals surface area (Å²) < 4.78 is 0.